The zero-order valence-corrected chi connectivity index (χ0v) is 14.8. The Labute approximate surface area is 149 Å². The van der Waals surface area contributed by atoms with Crippen molar-refractivity contribution in [2.45, 2.75) is 33.2 Å². The first-order valence-electron chi connectivity index (χ1n) is 7.58. The zero-order valence-electron chi connectivity index (χ0n) is 13.3. The van der Waals surface area contributed by atoms with Gasteiger partial charge in [-0.15, -0.1) is 10.2 Å². The molecule has 0 aliphatic heterocycles. The summed E-state index contributed by atoms with van der Waals surface area (Å²) in [5.41, 5.74) is 1.80. The Morgan fingerprint density at radius 2 is 1.88 bits per heavy atom. The summed E-state index contributed by atoms with van der Waals surface area (Å²) in [5.74, 6) is 1.79. The Balaban J connectivity index is 1.97. The molecule has 126 valence electrons. The fourth-order valence-corrected chi connectivity index (χ4v) is 2.96. The molecule has 0 amide bonds. The molecule has 0 radical (unpaired) electrons. The summed E-state index contributed by atoms with van der Waals surface area (Å²) in [6.45, 7) is 4.46. The zero-order chi connectivity index (χ0) is 17.1. The average molecular weight is 367 g/mol. The van der Waals surface area contributed by atoms with E-state index in [1.54, 1.807) is 18.2 Å². The van der Waals surface area contributed by atoms with Crippen LogP contribution in [0.2, 0.25) is 10.0 Å². The minimum absolute atomic E-state index is 0.399. The number of benzene rings is 1. The number of nitrogens with zero attached hydrogens (tertiary/aromatic N) is 4. The molecule has 1 aromatic carbocycles. The van der Waals surface area contributed by atoms with Gasteiger partial charge in [-0.25, -0.2) is 0 Å². The van der Waals surface area contributed by atoms with E-state index in [4.69, 9.17) is 32.4 Å². The van der Waals surface area contributed by atoms with Gasteiger partial charge in [0.2, 0.25) is 12.3 Å². The van der Waals surface area contributed by atoms with E-state index in [1.807, 2.05) is 18.5 Å². The molecule has 3 aromatic rings. The summed E-state index contributed by atoms with van der Waals surface area (Å²) >= 11 is 12.1. The molecule has 0 aliphatic carbocycles. The van der Waals surface area contributed by atoms with Gasteiger partial charge < -0.3 is 9.15 Å². The second-order valence-corrected chi connectivity index (χ2v) is 6.00. The molecular weight excluding hydrogens is 351 g/mol. The molecular formula is C16H16Cl2N4O2. The highest BCUT2D eigenvalue weighted by molar-refractivity contribution is 6.34. The molecule has 8 heteroatoms. The summed E-state index contributed by atoms with van der Waals surface area (Å²) in [7, 11) is 0. The van der Waals surface area contributed by atoms with Crippen LogP contribution in [-0.4, -0.2) is 20.0 Å². The molecule has 6 nitrogen and oxygen atoms in total. The van der Waals surface area contributed by atoms with Gasteiger partial charge in [0.05, 0.1) is 5.69 Å². The summed E-state index contributed by atoms with van der Waals surface area (Å²) in [4.78, 5) is 0. The quantitative estimate of drug-likeness (QED) is 0.640. The highest BCUT2D eigenvalue weighted by atomic mass is 35.5. The van der Waals surface area contributed by atoms with Crippen molar-refractivity contribution in [2.24, 2.45) is 0 Å². The van der Waals surface area contributed by atoms with E-state index in [0.29, 0.717) is 28.2 Å². The monoisotopic (exact) mass is 366 g/mol. The Kier molecular flexibility index (Phi) is 5.06. The first-order valence-corrected chi connectivity index (χ1v) is 8.33. The van der Waals surface area contributed by atoms with Crippen molar-refractivity contribution >= 4 is 23.2 Å². The lowest BCUT2D eigenvalue weighted by Gasteiger charge is -2.09. The number of hydrogen-bond donors (Lipinski definition) is 0. The molecule has 0 saturated heterocycles. The minimum Gasteiger partial charge on any atom is -0.453 e. The van der Waals surface area contributed by atoms with Gasteiger partial charge in [0.15, 0.2) is 5.75 Å². The first kappa shape index (κ1) is 16.8. The van der Waals surface area contributed by atoms with Crippen molar-refractivity contribution in [3.63, 3.8) is 0 Å². The largest absolute Gasteiger partial charge is 0.453 e. The van der Waals surface area contributed by atoms with Crippen LogP contribution in [0.25, 0.3) is 0 Å². The molecule has 0 atom stereocenters. The smallest absolute Gasteiger partial charge is 0.237 e. The Morgan fingerprint density at radius 3 is 2.46 bits per heavy atom. The average Bonchev–Trinajstić information content (AvgIpc) is 3.14. The van der Waals surface area contributed by atoms with E-state index in [1.165, 1.54) is 6.39 Å². The van der Waals surface area contributed by atoms with Gasteiger partial charge in [-0.05, 0) is 31.0 Å². The topological polar surface area (TPSA) is 66.0 Å². The first-order chi connectivity index (χ1) is 11.6. The number of halogens is 2. The summed E-state index contributed by atoms with van der Waals surface area (Å²) in [5, 5.41) is 13.3. The van der Waals surface area contributed by atoms with Gasteiger partial charge in [-0.3, -0.25) is 4.68 Å². The van der Waals surface area contributed by atoms with Gasteiger partial charge >= 0.3 is 0 Å². The SMILES string of the molecule is CCc1nn(Cc2nnco2)c(CC)c1Oc1cc(Cl)cc(Cl)c1. The molecule has 0 saturated carbocycles. The van der Waals surface area contributed by atoms with E-state index in [2.05, 4.69) is 15.3 Å². The predicted octanol–water partition coefficient (Wildman–Crippen LogP) is 4.54. The van der Waals surface area contributed by atoms with Gasteiger partial charge in [0.1, 0.15) is 18.0 Å². The molecule has 24 heavy (non-hydrogen) atoms. The molecule has 2 heterocycles. The van der Waals surface area contributed by atoms with E-state index in [0.717, 1.165) is 30.0 Å². The highest BCUT2D eigenvalue weighted by Gasteiger charge is 2.19. The van der Waals surface area contributed by atoms with Crippen molar-refractivity contribution in [1.82, 2.24) is 20.0 Å². The highest BCUT2D eigenvalue weighted by Crippen LogP contribution is 2.33. The molecule has 0 bridgehead atoms. The Bertz CT molecular complexity index is 811. The molecule has 2 aromatic heterocycles. The van der Waals surface area contributed by atoms with Gasteiger partial charge in [0.25, 0.3) is 0 Å². The van der Waals surface area contributed by atoms with E-state index >= 15 is 0 Å². The number of aryl methyl sites for hydroxylation is 1. The summed E-state index contributed by atoms with van der Waals surface area (Å²) in [6.07, 6.45) is 2.77. The maximum absolute atomic E-state index is 6.07. The van der Waals surface area contributed by atoms with Crippen LogP contribution in [0.1, 0.15) is 31.1 Å². The van der Waals surface area contributed by atoms with Gasteiger partial charge in [0, 0.05) is 10.0 Å². The van der Waals surface area contributed by atoms with Crippen LogP contribution in [0.15, 0.2) is 29.0 Å². The molecule has 0 fully saturated rings. The standard InChI is InChI=1S/C16H16Cl2N4O2/c1-3-13-16(24-12-6-10(17)5-11(18)7-12)14(4-2)22(21-13)8-15-20-19-9-23-15/h5-7,9H,3-4,8H2,1-2H3. The van der Waals surface area contributed by atoms with E-state index in [9.17, 15) is 0 Å². The third-order valence-corrected chi connectivity index (χ3v) is 3.93. The van der Waals surface area contributed by atoms with Crippen LogP contribution in [0.3, 0.4) is 0 Å². The van der Waals surface area contributed by atoms with Crippen molar-refractivity contribution < 1.29 is 9.15 Å². The number of rotatable bonds is 6. The fourth-order valence-electron chi connectivity index (χ4n) is 2.46. The molecule has 0 unspecified atom stereocenters. The van der Waals surface area contributed by atoms with Crippen LogP contribution < -0.4 is 4.74 Å². The van der Waals surface area contributed by atoms with E-state index < -0.39 is 0 Å². The summed E-state index contributed by atoms with van der Waals surface area (Å²) < 4.78 is 13.1. The molecule has 3 rings (SSSR count). The van der Waals surface area contributed by atoms with Crippen molar-refractivity contribution in [2.75, 3.05) is 0 Å². The number of ether oxygens (including phenoxy) is 1. The third kappa shape index (κ3) is 3.55. The second-order valence-electron chi connectivity index (χ2n) is 5.13. The third-order valence-electron chi connectivity index (χ3n) is 3.49. The van der Waals surface area contributed by atoms with Gasteiger partial charge in [-0.2, -0.15) is 5.10 Å². The lowest BCUT2D eigenvalue weighted by atomic mass is 10.2. The molecule has 0 N–H and O–H groups in total. The van der Waals surface area contributed by atoms with Crippen LogP contribution >= 0.6 is 23.2 Å². The summed E-state index contributed by atoms with van der Waals surface area (Å²) in [6, 6.07) is 5.11. The Morgan fingerprint density at radius 1 is 1.12 bits per heavy atom. The lowest BCUT2D eigenvalue weighted by Crippen LogP contribution is -2.06. The maximum Gasteiger partial charge on any atom is 0.237 e. The second kappa shape index (κ2) is 7.23. The maximum atomic E-state index is 6.07. The van der Waals surface area contributed by atoms with Crippen LogP contribution in [0, 0.1) is 0 Å². The van der Waals surface area contributed by atoms with Crippen LogP contribution in [0.4, 0.5) is 0 Å². The fraction of sp³-hybridized carbons (Fsp3) is 0.312. The number of hydrogen-bond acceptors (Lipinski definition) is 5. The lowest BCUT2D eigenvalue weighted by molar-refractivity contribution is 0.451. The normalized spacial score (nSPS) is 11.0. The van der Waals surface area contributed by atoms with Crippen LogP contribution in [0.5, 0.6) is 11.5 Å². The Hall–Kier alpha value is -2.05. The minimum atomic E-state index is 0.399. The van der Waals surface area contributed by atoms with Crippen molar-refractivity contribution in [3.8, 4) is 11.5 Å². The predicted molar refractivity (Wildman–Crippen MR) is 90.9 cm³/mol. The van der Waals surface area contributed by atoms with E-state index in [-0.39, 0.29) is 0 Å². The molecule has 0 aliphatic rings. The molecule has 0 spiro atoms. The van der Waals surface area contributed by atoms with Gasteiger partial charge in [-0.1, -0.05) is 37.0 Å². The van der Waals surface area contributed by atoms with Crippen LogP contribution in [-0.2, 0) is 19.4 Å². The number of aromatic nitrogens is 4. The van der Waals surface area contributed by atoms with Crippen molar-refractivity contribution in [3.05, 3.63) is 51.9 Å². The van der Waals surface area contributed by atoms with Crippen molar-refractivity contribution in [1.29, 1.82) is 0 Å².